The zero-order valence-electron chi connectivity index (χ0n) is 9.82. The topological polar surface area (TPSA) is 68.0 Å². The largest absolute Gasteiger partial charge is 0.392 e. The minimum atomic E-state index is -0.289. The maximum Gasteiger partial charge on any atom is 0.0701 e. The van der Waals surface area contributed by atoms with Crippen molar-refractivity contribution in [3.63, 3.8) is 0 Å². The van der Waals surface area contributed by atoms with E-state index in [1.54, 1.807) is 6.92 Å². The molecule has 1 unspecified atom stereocenters. The molecule has 15 heavy (non-hydrogen) atoms. The average molecular weight is 220 g/mol. The Bertz CT molecular complexity index is 134. The predicted octanol–water partition coefficient (Wildman–Crippen LogP) is -0.709. The van der Waals surface area contributed by atoms with Gasteiger partial charge in [-0.2, -0.15) is 0 Å². The summed E-state index contributed by atoms with van der Waals surface area (Å²) in [6, 6.07) is 0. The molecule has 0 aromatic carbocycles. The first-order valence-corrected chi connectivity index (χ1v) is 5.39. The molecule has 0 fully saturated rings. The molecule has 0 aromatic heterocycles. The molecule has 1 atom stereocenters. The van der Waals surface area contributed by atoms with Crippen LogP contribution in [-0.2, 0) is 9.47 Å². The van der Waals surface area contributed by atoms with Crippen LogP contribution in [0.1, 0.15) is 6.92 Å². The van der Waals surface area contributed by atoms with Gasteiger partial charge in [-0.1, -0.05) is 0 Å². The Morgan fingerprint density at radius 1 is 1.20 bits per heavy atom. The van der Waals surface area contributed by atoms with E-state index >= 15 is 0 Å². The number of likely N-dealkylation sites (N-methyl/N-ethyl adjacent to an activating group) is 1. The fourth-order valence-electron chi connectivity index (χ4n) is 1.17. The first-order chi connectivity index (χ1) is 7.16. The molecule has 0 rings (SSSR count). The fraction of sp³-hybridized carbons (Fsp3) is 1.00. The van der Waals surface area contributed by atoms with Crippen LogP contribution in [0, 0.1) is 0 Å². The molecule has 0 aliphatic carbocycles. The highest BCUT2D eigenvalue weighted by Gasteiger charge is 2.01. The number of hydrogen-bond acceptors (Lipinski definition) is 5. The highest BCUT2D eigenvalue weighted by atomic mass is 16.5. The molecule has 0 saturated heterocycles. The van der Waals surface area contributed by atoms with Crippen LogP contribution in [-0.4, -0.2) is 69.2 Å². The van der Waals surface area contributed by atoms with Crippen molar-refractivity contribution >= 4 is 0 Å². The van der Waals surface area contributed by atoms with Crippen LogP contribution in [0.3, 0.4) is 0 Å². The van der Waals surface area contributed by atoms with Gasteiger partial charge in [-0.15, -0.1) is 0 Å². The van der Waals surface area contributed by atoms with Crippen LogP contribution in [0.15, 0.2) is 0 Å². The van der Waals surface area contributed by atoms with Crippen molar-refractivity contribution in [1.82, 2.24) is 4.90 Å². The summed E-state index contributed by atoms with van der Waals surface area (Å²) in [5.41, 5.74) is 5.26. The molecule has 0 bridgehead atoms. The summed E-state index contributed by atoms with van der Waals surface area (Å²) in [5.74, 6) is 0. The van der Waals surface area contributed by atoms with Gasteiger partial charge in [-0.25, -0.2) is 0 Å². The van der Waals surface area contributed by atoms with Crippen molar-refractivity contribution in [2.45, 2.75) is 13.0 Å². The van der Waals surface area contributed by atoms with Crippen molar-refractivity contribution in [2.75, 3.05) is 53.1 Å². The molecule has 0 amide bonds. The molecule has 3 N–H and O–H groups in total. The summed E-state index contributed by atoms with van der Waals surface area (Å²) < 4.78 is 10.5. The van der Waals surface area contributed by atoms with Crippen LogP contribution >= 0.6 is 0 Å². The van der Waals surface area contributed by atoms with E-state index in [0.29, 0.717) is 39.5 Å². The third-order valence-electron chi connectivity index (χ3n) is 1.83. The summed E-state index contributed by atoms with van der Waals surface area (Å²) in [5, 5.41) is 9.11. The molecule has 0 aliphatic heterocycles. The van der Waals surface area contributed by atoms with Crippen LogP contribution in [0.25, 0.3) is 0 Å². The fourth-order valence-corrected chi connectivity index (χ4v) is 1.17. The summed E-state index contributed by atoms with van der Waals surface area (Å²) >= 11 is 0. The van der Waals surface area contributed by atoms with Crippen molar-refractivity contribution in [3.8, 4) is 0 Å². The van der Waals surface area contributed by atoms with E-state index in [9.17, 15) is 0 Å². The van der Waals surface area contributed by atoms with E-state index < -0.39 is 0 Å². The molecule has 0 radical (unpaired) electrons. The van der Waals surface area contributed by atoms with E-state index in [4.69, 9.17) is 20.3 Å². The van der Waals surface area contributed by atoms with Crippen molar-refractivity contribution in [3.05, 3.63) is 0 Å². The molecule has 0 saturated carbocycles. The maximum absolute atomic E-state index is 9.11. The first-order valence-electron chi connectivity index (χ1n) is 5.39. The molecule has 0 heterocycles. The summed E-state index contributed by atoms with van der Waals surface area (Å²) in [4.78, 5) is 2.03. The van der Waals surface area contributed by atoms with Gasteiger partial charge in [0, 0.05) is 19.6 Å². The highest BCUT2D eigenvalue weighted by Crippen LogP contribution is 1.88. The van der Waals surface area contributed by atoms with Crippen LogP contribution in [0.4, 0.5) is 0 Å². The lowest BCUT2D eigenvalue weighted by Crippen LogP contribution is -2.30. The Labute approximate surface area is 92.1 Å². The van der Waals surface area contributed by atoms with Crippen LogP contribution < -0.4 is 5.73 Å². The molecule has 5 nitrogen and oxygen atoms in total. The standard InChI is InChI=1S/C10H24N2O3/c1-10(13)9-12(2)4-6-15-8-7-14-5-3-11/h10,13H,3-9,11H2,1-2H3. The molecule has 0 aliphatic rings. The molecular formula is C10H24N2O3. The van der Waals surface area contributed by atoms with Crippen molar-refractivity contribution in [1.29, 1.82) is 0 Å². The Morgan fingerprint density at radius 2 is 1.80 bits per heavy atom. The van der Waals surface area contributed by atoms with Gasteiger partial charge in [0.1, 0.15) is 0 Å². The number of rotatable bonds is 10. The lowest BCUT2D eigenvalue weighted by Gasteiger charge is -2.17. The maximum atomic E-state index is 9.11. The van der Waals surface area contributed by atoms with Gasteiger partial charge in [0.25, 0.3) is 0 Å². The van der Waals surface area contributed by atoms with Crippen molar-refractivity contribution in [2.24, 2.45) is 5.73 Å². The third-order valence-corrected chi connectivity index (χ3v) is 1.83. The minimum Gasteiger partial charge on any atom is -0.392 e. The van der Waals surface area contributed by atoms with E-state index in [1.807, 2.05) is 11.9 Å². The molecule has 5 heteroatoms. The molecule has 0 aromatic rings. The van der Waals surface area contributed by atoms with Gasteiger partial charge < -0.3 is 25.2 Å². The normalized spacial score (nSPS) is 13.4. The van der Waals surface area contributed by atoms with Gasteiger partial charge >= 0.3 is 0 Å². The number of ether oxygens (including phenoxy) is 2. The van der Waals surface area contributed by atoms with Gasteiger partial charge in [0.15, 0.2) is 0 Å². The van der Waals surface area contributed by atoms with E-state index in [2.05, 4.69) is 0 Å². The molecule has 0 spiro atoms. The van der Waals surface area contributed by atoms with Gasteiger partial charge in [-0.3, -0.25) is 0 Å². The summed E-state index contributed by atoms with van der Waals surface area (Å²) in [6.07, 6.45) is -0.289. The van der Waals surface area contributed by atoms with Gasteiger partial charge in [0.2, 0.25) is 0 Å². The zero-order chi connectivity index (χ0) is 11.5. The lowest BCUT2D eigenvalue weighted by molar-refractivity contribution is 0.0391. The number of aliphatic hydroxyl groups is 1. The highest BCUT2D eigenvalue weighted by molar-refractivity contribution is 4.55. The Balaban J connectivity index is 3.09. The van der Waals surface area contributed by atoms with E-state index in [-0.39, 0.29) is 6.10 Å². The summed E-state index contributed by atoms with van der Waals surface area (Å²) in [6.45, 7) is 6.27. The number of nitrogens with two attached hydrogens (primary N) is 1. The zero-order valence-corrected chi connectivity index (χ0v) is 9.82. The van der Waals surface area contributed by atoms with E-state index in [1.165, 1.54) is 0 Å². The third kappa shape index (κ3) is 11.7. The van der Waals surface area contributed by atoms with Gasteiger partial charge in [0.05, 0.1) is 32.5 Å². The van der Waals surface area contributed by atoms with Crippen LogP contribution in [0.5, 0.6) is 0 Å². The smallest absolute Gasteiger partial charge is 0.0701 e. The van der Waals surface area contributed by atoms with Crippen LogP contribution in [0.2, 0.25) is 0 Å². The monoisotopic (exact) mass is 220 g/mol. The molecular weight excluding hydrogens is 196 g/mol. The average Bonchev–Trinajstić information content (AvgIpc) is 2.15. The number of nitrogens with zero attached hydrogens (tertiary/aromatic N) is 1. The Kier molecular flexibility index (Phi) is 10.2. The lowest BCUT2D eigenvalue weighted by atomic mass is 10.4. The Hall–Kier alpha value is -0.200. The minimum absolute atomic E-state index is 0.289. The SMILES string of the molecule is CC(O)CN(C)CCOCCOCCN. The van der Waals surface area contributed by atoms with Crippen molar-refractivity contribution < 1.29 is 14.6 Å². The number of aliphatic hydroxyl groups excluding tert-OH is 1. The second-order valence-electron chi connectivity index (χ2n) is 3.62. The first kappa shape index (κ1) is 14.8. The second-order valence-corrected chi connectivity index (χ2v) is 3.62. The van der Waals surface area contributed by atoms with E-state index in [0.717, 1.165) is 6.54 Å². The second kappa shape index (κ2) is 10.3. The number of hydrogen-bond donors (Lipinski definition) is 2. The quantitative estimate of drug-likeness (QED) is 0.476. The Morgan fingerprint density at radius 3 is 2.33 bits per heavy atom. The van der Waals surface area contributed by atoms with Gasteiger partial charge in [-0.05, 0) is 14.0 Å². The summed E-state index contributed by atoms with van der Waals surface area (Å²) in [7, 11) is 1.96. The molecule has 92 valence electrons. The predicted molar refractivity (Wildman–Crippen MR) is 59.9 cm³/mol.